The minimum atomic E-state index is -4.56. The second-order valence-corrected chi connectivity index (χ2v) is 14.5. The highest BCUT2D eigenvalue weighted by Crippen LogP contribution is 2.79. The van der Waals surface area contributed by atoms with Crippen molar-refractivity contribution in [2.24, 2.45) is 33.5 Å². The van der Waals surface area contributed by atoms with E-state index in [1.807, 2.05) is 11.8 Å². The fourth-order valence-corrected chi connectivity index (χ4v) is 10.8. The van der Waals surface area contributed by atoms with Crippen LogP contribution in [0.15, 0.2) is 48.1 Å². The Kier molecular flexibility index (Phi) is 5.86. The molecule has 3 saturated carbocycles. The molecule has 42 heavy (non-hydrogen) atoms. The van der Waals surface area contributed by atoms with Gasteiger partial charge in [0, 0.05) is 33.9 Å². The topological polar surface area (TPSA) is 66.8 Å². The highest BCUT2D eigenvalue weighted by molar-refractivity contribution is 6.10. The van der Waals surface area contributed by atoms with E-state index in [0.29, 0.717) is 37.9 Å². The van der Waals surface area contributed by atoms with E-state index in [2.05, 4.69) is 32.1 Å². The van der Waals surface area contributed by atoms with Crippen LogP contribution in [0.5, 0.6) is 0 Å². The third-order valence-electron chi connectivity index (χ3n) is 12.9. The Balaban J connectivity index is 1.39. The van der Waals surface area contributed by atoms with E-state index in [1.54, 1.807) is 0 Å². The minimum absolute atomic E-state index is 0.0163. The first kappa shape index (κ1) is 28.2. The Morgan fingerprint density at radius 2 is 1.79 bits per heavy atom. The molecular weight excluding hydrogens is 543 g/mol. The smallest absolute Gasteiger partial charge is 0.416 e. The summed E-state index contributed by atoms with van der Waals surface area (Å²) < 4.78 is 47.4. The van der Waals surface area contributed by atoms with Crippen LogP contribution >= 0.6 is 0 Å². The summed E-state index contributed by atoms with van der Waals surface area (Å²) in [4.78, 5) is 29.4. The van der Waals surface area contributed by atoms with Crippen LogP contribution in [-0.4, -0.2) is 46.7 Å². The van der Waals surface area contributed by atoms with Gasteiger partial charge in [-0.3, -0.25) is 4.79 Å². The van der Waals surface area contributed by atoms with Crippen molar-refractivity contribution in [3.05, 3.63) is 59.2 Å². The van der Waals surface area contributed by atoms with E-state index in [9.17, 15) is 27.9 Å². The van der Waals surface area contributed by atoms with Gasteiger partial charge in [0.05, 0.1) is 18.2 Å². The number of ketones is 1. The lowest BCUT2D eigenvalue weighted by molar-refractivity contribution is -0.164. The van der Waals surface area contributed by atoms with Gasteiger partial charge < -0.3 is 14.7 Å². The van der Waals surface area contributed by atoms with Crippen LogP contribution in [0.25, 0.3) is 0 Å². The van der Waals surface area contributed by atoms with Crippen molar-refractivity contribution < 1.29 is 32.6 Å². The van der Waals surface area contributed by atoms with Gasteiger partial charge in [0.25, 0.3) is 0 Å². The molecule has 1 aromatic rings. The minimum Gasteiger partial charge on any atom is -0.440 e. The number of rotatable bonds is 4. The van der Waals surface area contributed by atoms with Crippen molar-refractivity contribution in [2.45, 2.75) is 90.0 Å². The molecule has 1 amide bonds. The van der Waals surface area contributed by atoms with E-state index < -0.39 is 39.7 Å². The largest absolute Gasteiger partial charge is 0.440 e. The van der Waals surface area contributed by atoms with Crippen molar-refractivity contribution in [2.75, 3.05) is 13.1 Å². The van der Waals surface area contributed by atoms with Gasteiger partial charge in [0.2, 0.25) is 0 Å². The number of hydrogen-bond donors (Lipinski definition) is 1. The van der Waals surface area contributed by atoms with Gasteiger partial charge in [-0.2, -0.15) is 13.2 Å². The zero-order valence-electron chi connectivity index (χ0n) is 24.6. The first-order valence-corrected chi connectivity index (χ1v) is 15.6. The van der Waals surface area contributed by atoms with Gasteiger partial charge in [-0.15, -0.1) is 0 Å². The summed E-state index contributed by atoms with van der Waals surface area (Å²) in [6.45, 7) is 7.74. The number of alkyl halides is 3. The van der Waals surface area contributed by atoms with Crippen molar-refractivity contribution >= 4 is 11.9 Å². The Morgan fingerprint density at radius 3 is 2.52 bits per heavy atom. The molecule has 3 spiro atoms. The second-order valence-electron chi connectivity index (χ2n) is 14.5. The number of carbonyl (C=O) groups excluding carboxylic acids is 2. The summed E-state index contributed by atoms with van der Waals surface area (Å²) in [5.41, 5.74) is -2.70. The lowest BCUT2D eigenvalue weighted by Crippen LogP contribution is -2.67. The number of amides is 1. The Hall–Kier alpha value is -2.61. The molecule has 8 atom stereocenters. The van der Waals surface area contributed by atoms with Gasteiger partial charge in [-0.1, -0.05) is 51.1 Å². The Bertz CT molecular complexity index is 1420. The van der Waals surface area contributed by atoms with Crippen LogP contribution in [0.1, 0.15) is 88.1 Å². The van der Waals surface area contributed by atoms with Crippen molar-refractivity contribution in [3.63, 3.8) is 0 Å². The first-order chi connectivity index (χ1) is 19.8. The molecule has 5 nitrogen and oxygen atoms in total. The quantitative estimate of drug-likeness (QED) is 0.297. The molecule has 1 aromatic carbocycles. The molecule has 0 radical (unpaired) electrons. The van der Waals surface area contributed by atoms with Crippen molar-refractivity contribution in [3.8, 4) is 0 Å². The molecule has 8 unspecified atom stereocenters. The van der Waals surface area contributed by atoms with E-state index in [0.717, 1.165) is 44.2 Å². The molecule has 226 valence electrons. The molecule has 2 bridgehead atoms. The Labute approximate surface area is 245 Å². The van der Waals surface area contributed by atoms with Crippen LogP contribution in [0, 0.1) is 33.5 Å². The van der Waals surface area contributed by atoms with Gasteiger partial charge in [0.15, 0.2) is 5.78 Å². The van der Waals surface area contributed by atoms with Crippen LogP contribution in [0.3, 0.4) is 0 Å². The molecule has 4 fully saturated rings. The number of benzene rings is 1. The summed E-state index contributed by atoms with van der Waals surface area (Å²) >= 11 is 0. The highest BCUT2D eigenvalue weighted by Gasteiger charge is 2.76. The molecule has 6 aliphatic carbocycles. The molecule has 1 aliphatic heterocycles. The number of aliphatic hydroxyl groups excluding tert-OH is 1. The summed E-state index contributed by atoms with van der Waals surface area (Å²) in [6.07, 6.45) is 7.15. The third kappa shape index (κ3) is 3.36. The van der Waals surface area contributed by atoms with Crippen LogP contribution in [0.4, 0.5) is 18.0 Å². The fourth-order valence-electron chi connectivity index (χ4n) is 10.8. The fraction of sp³-hybridized carbons (Fsp3) is 0.647. The molecule has 8 heteroatoms. The third-order valence-corrected chi connectivity index (χ3v) is 12.9. The SMILES string of the molecule is CCCN1CC2(CCC3C45C=CC6(C=C4C(=O)c4cccc(C(F)(F)F)c4)CC(O)CCC6(C)C5CCC32C)OC1=O. The van der Waals surface area contributed by atoms with Crippen LogP contribution in [-0.2, 0) is 10.9 Å². The molecule has 1 N–H and O–H groups in total. The van der Waals surface area contributed by atoms with Gasteiger partial charge in [-0.25, -0.2) is 4.79 Å². The predicted octanol–water partition coefficient (Wildman–Crippen LogP) is 7.35. The number of fused-ring (bicyclic) bond motifs is 2. The van der Waals surface area contributed by atoms with Gasteiger partial charge >= 0.3 is 12.3 Å². The molecule has 1 heterocycles. The number of ether oxygens (including phenoxy) is 1. The summed E-state index contributed by atoms with van der Waals surface area (Å²) in [7, 11) is 0. The van der Waals surface area contributed by atoms with Crippen LogP contribution < -0.4 is 0 Å². The maximum atomic E-state index is 14.5. The number of allylic oxidation sites excluding steroid dienone is 4. The number of hydrogen-bond acceptors (Lipinski definition) is 4. The number of carbonyl (C=O) groups is 2. The number of aliphatic hydroxyl groups is 1. The van der Waals surface area contributed by atoms with Crippen molar-refractivity contribution in [1.29, 1.82) is 0 Å². The monoisotopic (exact) mass is 583 g/mol. The lowest BCUT2D eigenvalue weighted by Gasteiger charge is -2.71. The zero-order valence-corrected chi connectivity index (χ0v) is 24.6. The predicted molar refractivity (Wildman–Crippen MR) is 150 cm³/mol. The molecule has 1 saturated heterocycles. The summed E-state index contributed by atoms with van der Waals surface area (Å²) in [5, 5.41) is 10.8. The lowest BCUT2D eigenvalue weighted by atomic mass is 9.32. The van der Waals surface area contributed by atoms with Crippen molar-refractivity contribution in [1.82, 2.24) is 4.90 Å². The van der Waals surface area contributed by atoms with E-state index in [4.69, 9.17) is 4.74 Å². The molecule has 0 aromatic heterocycles. The normalized spacial score (nSPS) is 43.6. The number of Topliss-reactive ketones (excluding diaryl/α,β-unsaturated/α-hetero) is 1. The van der Waals surface area contributed by atoms with E-state index >= 15 is 0 Å². The number of halogens is 3. The molecule has 8 rings (SSSR count). The van der Waals surface area contributed by atoms with Crippen LogP contribution in [0.2, 0.25) is 0 Å². The summed E-state index contributed by atoms with van der Waals surface area (Å²) in [5.74, 6) is -0.287. The van der Waals surface area contributed by atoms with E-state index in [-0.39, 0.29) is 34.7 Å². The maximum Gasteiger partial charge on any atom is 0.416 e. The number of nitrogens with zero attached hydrogens (tertiary/aromatic N) is 1. The zero-order chi connectivity index (χ0) is 29.9. The van der Waals surface area contributed by atoms with Gasteiger partial charge in [0.1, 0.15) is 5.60 Å². The average molecular weight is 584 g/mol. The maximum absolute atomic E-state index is 14.5. The first-order valence-electron chi connectivity index (χ1n) is 15.6. The van der Waals surface area contributed by atoms with Gasteiger partial charge in [-0.05, 0) is 80.8 Å². The average Bonchev–Trinajstić information content (AvgIpc) is 3.42. The summed E-state index contributed by atoms with van der Waals surface area (Å²) in [6, 6.07) is 4.78. The highest BCUT2D eigenvalue weighted by atomic mass is 19.4. The standard InChI is InChI=1S/C34H40F3NO4/c1-4-16-38-20-32(42-28(38)41)13-10-26-30(32,3)12-9-25-29(2)11-8-23(39)18-31(29)14-15-33(25,26)24(19-31)27(40)21-6-5-7-22(17-21)34(35,36)37/h5-7,14-15,17,19,23,25-26,39H,4,8-13,16,18,20H2,1-3H3. The second kappa shape index (κ2) is 8.73. The van der Waals surface area contributed by atoms with E-state index in [1.165, 1.54) is 12.1 Å². The molecule has 7 aliphatic rings. The Morgan fingerprint density at radius 1 is 1.07 bits per heavy atom. The molecular formula is C34H40F3NO4.